The van der Waals surface area contributed by atoms with Crippen LogP contribution in [0.3, 0.4) is 0 Å². The largest absolute Gasteiger partial charge is 0.389 e. The molecule has 3 heterocycles. The number of fused-ring (bicyclic) bond motifs is 2. The molecule has 10 heteroatoms. The van der Waals surface area contributed by atoms with Crippen LogP contribution in [0.4, 0.5) is 17.6 Å². The third kappa shape index (κ3) is 6.96. The molecule has 210 valence electrons. The molecule has 6 nitrogen and oxygen atoms in total. The summed E-state index contributed by atoms with van der Waals surface area (Å²) in [4.78, 5) is 20.0. The first kappa shape index (κ1) is 27.6. The molecule has 1 amide bonds. The average Bonchev–Trinajstić information content (AvgIpc) is 3.18. The Morgan fingerprint density at radius 3 is 2.62 bits per heavy atom. The van der Waals surface area contributed by atoms with Crippen molar-refractivity contribution in [2.75, 3.05) is 19.6 Å². The molecule has 0 spiro atoms. The summed E-state index contributed by atoms with van der Waals surface area (Å²) in [5.74, 6) is -0.0135. The summed E-state index contributed by atoms with van der Waals surface area (Å²) in [5.41, 5.74) is 3.27. The molecular formula is C29H35F4N5O. The first-order valence-corrected chi connectivity index (χ1v) is 13.8. The number of carbonyl (C=O) groups is 1. The fourth-order valence-corrected chi connectivity index (χ4v) is 5.92. The van der Waals surface area contributed by atoms with Crippen molar-refractivity contribution in [3.05, 3.63) is 58.8 Å². The predicted octanol–water partition coefficient (Wildman–Crippen LogP) is 5.38. The number of aromatic nitrogens is 3. The average molecular weight is 546 g/mol. The Morgan fingerprint density at radius 2 is 1.85 bits per heavy atom. The first-order chi connectivity index (χ1) is 18.6. The van der Waals surface area contributed by atoms with E-state index in [4.69, 9.17) is 0 Å². The molecule has 1 saturated carbocycles. The van der Waals surface area contributed by atoms with Crippen molar-refractivity contribution in [3.63, 3.8) is 0 Å². The molecule has 0 saturated heterocycles. The van der Waals surface area contributed by atoms with Gasteiger partial charge in [-0.3, -0.25) is 14.5 Å². The van der Waals surface area contributed by atoms with Gasteiger partial charge in [-0.05, 0) is 81.2 Å². The van der Waals surface area contributed by atoms with Gasteiger partial charge in [0.05, 0.1) is 5.56 Å². The van der Waals surface area contributed by atoms with Crippen LogP contribution in [0.2, 0.25) is 0 Å². The SMILES string of the molecule is Cn1cc2c(C(=O)NC3CCC(CCN4CCc5ccc(CCC(F)(F)F)nc5CC4)CC3)ccc(F)c2n1. The predicted molar refractivity (Wildman–Crippen MR) is 141 cm³/mol. The van der Waals surface area contributed by atoms with Crippen molar-refractivity contribution in [1.82, 2.24) is 25.0 Å². The third-order valence-corrected chi connectivity index (χ3v) is 8.17. The molecule has 1 N–H and O–H groups in total. The highest BCUT2D eigenvalue weighted by molar-refractivity contribution is 6.06. The van der Waals surface area contributed by atoms with E-state index in [1.807, 2.05) is 6.07 Å². The highest BCUT2D eigenvalue weighted by atomic mass is 19.4. The van der Waals surface area contributed by atoms with E-state index in [1.165, 1.54) is 16.8 Å². The lowest BCUT2D eigenvalue weighted by Gasteiger charge is -2.30. The van der Waals surface area contributed by atoms with E-state index in [0.717, 1.165) is 75.8 Å². The summed E-state index contributed by atoms with van der Waals surface area (Å²) in [7, 11) is 1.71. The zero-order chi connectivity index (χ0) is 27.6. The van der Waals surface area contributed by atoms with Crippen LogP contribution in [-0.4, -0.2) is 57.4 Å². The van der Waals surface area contributed by atoms with Gasteiger partial charge in [-0.25, -0.2) is 4.39 Å². The van der Waals surface area contributed by atoms with Gasteiger partial charge in [0.1, 0.15) is 5.52 Å². The number of halogens is 4. The van der Waals surface area contributed by atoms with E-state index in [0.29, 0.717) is 22.6 Å². The molecule has 1 aromatic carbocycles. The number of amides is 1. The summed E-state index contributed by atoms with van der Waals surface area (Å²) in [6.45, 7) is 2.79. The van der Waals surface area contributed by atoms with Crippen molar-refractivity contribution in [2.24, 2.45) is 13.0 Å². The highest BCUT2D eigenvalue weighted by Crippen LogP contribution is 2.29. The minimum Gasteiger partial charge on any atom is -0.349 e. The molecule has 1 fully saturated rings. The second-order valence-corrected chi connectivity index (χ2v) is 11.0. The molecule has 1 aliphatic carbocycles. The fourth-order valence-electron chi connectivity index (χ4n) is 5.92. The van der Waals surface area contributed by atoms with Crippen LogP contribution in [0, 0.1) is 11.7 Å². The topological polar surface area (TPSA) is 63.1 Å². The maximum atomic E-state index is 14.1. The molecule has 1 aliphatic heterocycles. The quantitative estimate of drug-likeness (QED) is 0.405. The Labute approximate surface area is 225 Å². The van der Waals surface area contributed by atoms with Gasteiger partial charge in [0, 0.05) is 62.0 Å². The molecule has 0 unspecified atom stereocenters. The molecule has 39 heavy (non-hydrogen) atoms. The monoisotopic (exact) mass is 545 g/mol. The van der Waals surface area contributed by atoms with Crippen LogP contribution in [0.25, 0.3) is 10.9 Å². The van der Waals surface area contributed by atoms with Crippen molar-refractivity contribution in [2.45, 2.75) is 70.0 Å². The Hall–Kier alpha value is -3.01. The maximum Gasteiger partial charge on any atom is 0.389 e. The molecule has 0 radical (unpaired) electrons. The van der Waals surface area contributed by atoms with Gasteiger partial charge in [0.25, 0.3) is 5.91 Å². The number of pyridine rings is 1. The fraction of sp³-hybridized carbons (Fsp3) is 0.552. The summed E-state index contributed by atoms with van der Waals surface area (Å²) >= 11 is 0. The standard InChI is InChI=1S/C29H35F4N5O/c1-37-18-24-23(8-9-25(30)27(24)36-37)28(39)35-21-5-2-19(3-6-21)11-15-38-16-12-20-4-7-22(10-14-29(31,32)33)34-26(20)13-17-38/h4,7-9,18-19,21H,2-3,5-6,10-17H2,1H3,(H,35,39). The Bertz CT molecular complexity index is 1310. The maximum absolute atomic E-state index is 14.1. The number of rotatable bonds is 7. The minimum atomic E-state index is -4.16. The lowest BCUT2D eigenvalue weighted by atomic mass is 9.84. The lowest BCUT2D eigenvalue weighted by Crippen LogP contribution is -2.38. The van der Waals surface area contributed by atoms with E-state index in [1.54, 1.807) is 19.3 Å². The zero-order valence-electron chi connectivity index (χ0n) is 22.2. The summed E-state index contributed by atoms with van der Waals surface area (Å²) in [5, 5.41) is 7.79. The van der Waals surface area contributed by atoms with E-state index in [-0.39, 0.29) is 23.9 Å². The van der Waals surface area contributed by atoms with Gasteiger partial charge in [0.2, 0.25) is 0 Å². The van der Waals surface area contributed by atoms with Crippen molar-refractivity contribution in [1.29, 1.82) is 0 Å². The van der Waals surface area contributed by atoms with Gasteiger partial charge in [-0.2, -0.15) is 18.3 Å². The van der Waals surface area contributed by atoms with Crippen LogP contribution in [0.15, 0.2) is 30.5 Å². The number of hydrogen-bond acceptors (Lipinski definition) is 4. The zero-order valence-corrected chi connectivity index (χ0v) is 22.2. The summed E-state index contributed by atoms with van der Waals surface area (Å²) < 4.78 is 53.3. The highest BCUT2D eigenvalue weighted by Gasteiger charge is 2.28. The third-order valence-electron chi connectivity index (χ3n) is 8.17. The second-order valence-electron chi connectivity index (χ2n) is 11.0. The van der Waals surface area contributed by atoms with Gasteiger partial charge in [0.15, 0.2) is 5.82 Å². The van der Waals surface area contributed by atoms with Crippen molar-refractivity contribution < 1.29 is 22.4 Å². The first-order valence-electron chi connectivity index (χ1n) is 13.8. The van der Waals surface area contributed by atoms with Crippen molar-refractivity contribution >= 4 is 16.8 Å². The van der Waals surface area contributed by atoms with Crippen LogP contribution in [-0.2, 0) is 26.3 Å². The van der Waals surface area contributed by atoms with Gasteiger partial charge in [-0.15, -0.1) is 0 Å². The molecule has 2 aromatic heterocycles. The molecule has 3 aromatic rings. The van der Waals surface area contributed by atoms with E-state index < -0.39 is 18.4 Å². The molecule has 0 bridgehead atoms. The summed E-state index contributed by atoms with van der Waals surface area (Å²) in [6.07, 6.45) is 3.28. The normalized spacial score (nSPS) is 20.5. The summed E-state index contributed by atoms with van der Waals surface area (Å²) in [6, 6.07) is 6.63. The number of carbonyl (C=O) groups excluding carboxylic acids is 1. The molecular weight excluding hydrogens is 510 g/mol. The second kappa shape index (κ2) is 11.6. The van der Waals surface area contributed by atoms with E-state index in [9.17, 15) is 22.4 Å². The number of nitrogens with one attached hydrogen (secondary N) is 1. The van der Waals surface area contributed by atoms with Crippen LogP contribution < -0.4 is 5.32 Å². The van der Waals surface area contributed by atoms with Gasteiger partial charge >= 0.3 is 6.18 Å². The Kier molecular flexibility index (Phi) is 8.21. The lowest BCUT2D eigenvalue weighted by molar-refractivity contribution is -0.134. The van der Waals surface area contributed by atoms with Gasteiger partial charge in [-0.1, -0.05) is 6.07 Å². The number of hydrogen-bond donors (Lipinski definition) is 1. The molecule has 5 rings (SSSR count). The Morgan fingerprint density at radius 1 is 1.08 bits per heavy atom. The van der Waals surface area contributed by atoms with E-state index in [2.05, 4.69) is 20.3 Å². The smallest absolute Gasteiger partial charge is 0.349 e. The number of nitrogens with zero attached hydrogens (tertiary/aromatic N) is 4. The number of aryl methyl sites for hydroxylation is 2. The van der Waals surface area contributed by atoms with Crippen LogP contribution in [0.5, 0.6) is 0 Å². The van der Waals surface area contributed by atoms with Crippen LogP contribution in [0.1, 0.15) is 65.8 Å². The molecule has 0 atom stereocenters. The number of alkyl halides is 3. The van der Waals surface area contributed by atoms with Crippen molar-refractivity contribution in [3.8, 4) is 0 Å². The minimum absolute atomic E-state index is 0.0681. The number of benzene rings is 1. The Balaban J connectivity index is 1.06. The van der Waals surface area contributed by atoms with Gasteiger partial charge < -0.3 is 10.2 Å². The molecule has 2 aliphatic rings. The van der Waals surface area contributed by atoms with E-state index >= 15 is 0 Å². The van der Waals surface area contributed by atoms with Crippen LogP contribution >= 0.6 is 0 Å².